The first kappa shape index (κ1) is 23.4. The van der Waals surface area contributed by atoms with E-state index in [0.717, 1.165) is 16.5 Å². The quantitative estimate of drug-likeness (QED) is 0.333. The van der Waals surface area contributed by atoms with E-state index in [4.69, 9.17) is 4.74 Å². The number of amides is 2. The molecule has 1 atom stereocenters. The normalized spacial score (nSPS) is 15.8. The highest BCUT2D eigenvalue weighted by atomic mass is 32.2. The van der Waals surface area contributed by atoms with Crippen LogP contribution in [0.2, 0.25) is 0 Å². The number of nitrogens with zero attached hydrogens (tertiary/aromatic N) is 1. The first-order chi connectivity index (χ1) is 15.4. The van der Waals surface area contributed by atoms with Crippen LogP contribution in [-0.2, 0) is 35.1 Å². The highest BCUT2D eigenvalue weighted by Crippen LogP contribution is 2.28. The average molecular weight is 460 g/mol. The van der Waals surface area contributed by atoms with Crippen molar-refractivity contribution in [3.63, 3.8) is 0 Å². The molecule has 10 heteroatoms. The third kappa shape index (κ3) is 5.91. The Morgan fingerprint density at radius 1 is 1.31 bits per heavy atom. The molecule has 1 aliphatic heterocycles. The van der Waals surface area contributed by atoms with Crippen molar-refractivity contribution < 1.29 is 28.7 Å². The van der Waals surface area contributed by atoms with Gasteiger partial charge in [0, 0.05) is 37.0 Å². The summed E-state index contributed by atoms with van der Waals surface area (Å²) in [6.07, 6.45) is 3.76. The first-order valence-electron chi connectivity index (χ1n) is 10.1. The van der Waals surface area contributed by atoms with Gasteiger partial charge in [-0.1, -0.05) is 30.0 Å². The highest BCUT2D eigenvalue weighted by Gasteiger charge is 2.27. The summed E-state index contributed by atoms with van der Waals surface area (Å²) in [5.41, 5.74) is 1.84. The summed E-state index contributed by atoms with van der Waals surface area (Å²) in [6, 6.07) is 6.88. The van der Waals surface area contributed by atoms with Crippen molar-refractivity contribution in [2.75, 3.05) is 26.0 Å². The van der Waals surface area contributed by atoms with Crippen LogP contribution in [0.25, 0.3) is 10.9 Å². The zero-order valence-electron chi connectivity index (χ0n) is 17.9. The number of para-hydroxylation sites is 1. The maximum atomic E-state index is 12.6. The summed E-state index contributed by atoms with van der Waals surface area (Å²) in [7, 11) is 1.27. The Morgan fingerprint density at radius 3 is 2.84 bits per heavy atom. The zero-order valence-corrected chi connectivity index (χ0v) is 18.7. The minimum absolute atomic E-state index is 0.0722. The summed E-state index contributed by atoms with van der Waals surface area (Å²) in [5, 5.41) is 4.15. The third-order valence-electron chi connectivity index (χ3n) is 4.88. The number of ether oxygens (including phenoxy) is 2. The van der Waals surface area contributed by atoms with Crippen LogP contribution in [-0.4, -0.2) is 65.7 Å². The molecule has 2 N–H and O–H groups in total. The number of aromatic amines is 1. The van der Waals surface area contributed by atoms with E-state index in [1.54, 1.807) is 0 Å². The molecule has 0 radical (unpaired) electrons. The lowest BCUT2D eigenvalue weighted by Gasteiger charge is -2.19. The molecule has 1 saturated heterocycles. The van der Waals surface area contributed by atoms with Crippen LogP contribution < -0.4 is 5.32 Å². The maximum absolute atomic E-state index is 12.6. The van der Waals surface area contributed by atoms with Gasteiger partial charge in [0.05, 0.1) is 30.6 Å². The van der Waals surface area contributed by atoms with Gasteiger partial charge >= 0.3 is 11.9 Å². The SMILES string of the molecule is COC(=O)/C=C1/SCC(=O)N1CCCOC(=O)[C@H](Cc1c[nH]c2ccccc12)NC(C)=O. The Balaban J connectivity index is 1.56. The van der Waals surface area contributed by atoms with Gasteiger partial charge in [0.15, 0.2) is 0 Å². The molecular weight excluding hydrogens is 434 g/mol. The monoisotopic (exact) mass is 459 g/mol. The number of carbonyl (C=O) groups excluding carboxylic acids is 4. The number of methoxy groups -OCH3 is 1. The standard InChI is InChI=1S/C22H25N3O6S/c1-14(26)24-18(10-15-12-23-17-7-4-3-6-16(15)17)22(29)31-9-5-8-25-19(27)13-32-20(25)11-21(28)30-2/h3-4,6-7,11-12,18,23H,5,8-10,13H2,1-2H3,(H,24,26)/b20-11+/t18-/m0/s1. The summed E-state index contributed by atoms with van der Waals surface area (Å²) < 4.78 is 9.99. The molecule has 2 amide bonds. The molecule has 0 bridgehead atoms. The Bertz CT molecular complexity index is 1050. The topological polar surface area (TPSA) is 118 Å². The Kier molecular flexibility index (Phi) is 7.93. The second kappa shape index (κ2) is 10.9. The van der Waals surface area contributed by atoms with Gasteiger partial charge in [-0.15, -0.1) is 0 Å². The van der Waals surface area contributed by atoms with Crippen LogP contribution in [0.15, 0.2) is 41.6 Å². The molecule has 2 aromatic rings. The number of carbonyl (C=O) groups is 4. The second-order valence-electron chi connectivity index (χ2n) is 7.18. The fourth-order valence-corrected chi connectivity index (χ4v) is 4.34. The van der Waals surface area contributed by atoms with E-state index in [-0.39, 0.29) is 30.6 Å². The number of hydrogen-bond acceptors (Lipinski definition) is 7. The van der Waals surface area contributed by atoms with Crippen LogP contribution in [0.3, 0.4) is 0 Å². The molecular formula is C22H25N3O6S. The van der Waals surface area contributed by atoms with E-state index in [1.807, 2.05) is 30.5 Å². The molecule has 9 nitrogen and oxygen atoms in total. The number of aromatic nitrogens is 1. The van der Waals surface area contributed by atoms with Crippen LogP contribution >= 0.6 is 11.8 Å². The number of rotatable bonds is 9. The minimum atomic E-state index is -0.828. The van der Waals surface area contributed by atoms with Crippen molar-refractivity contribution in [3.05, 3.63) is 47.1 Å². The largest absolute Gasteiger partial charge is 0.466 e. The number of benzene rings is 1. The molecule has 0 aliphatic carbocycles. The number of esters is 2. The lowest BCUT2D eigenvalue weighted by atomic mass is 10.0. The third-order valence-corrected chi connectivity index (χ3v) is 5.91. The van der Waals surface area contributed by atoms with Crippen molar-refractivity contribution >= 4 is 46.4 Å². The molecule has 1 aliphatic rings. The molecule has 2 heterocycles. The van der Waals surface area contributed by atoms with Crippen molar-refractivity contribution in [2.45, 2.75) is 25.8 Å². The van der Waals surface area contributed by atoms with E-state index in [0.29, 0.717) is 18.0 Å². The van der Waals surface area contributed by atoms with Gasteiger partial charge in [-0.05, 0) is 18.1 Å². The number of fused-ring (bicyclic) bond motifs is 1. The lowest BCUT2D eigenvalue weighted by molar-refractivity contribution is -0.147. The van der Waals surface area contributed by atoms with Gasteiger partial charge < -0.3 is 24.7 Å². The summed E-state index contributed by atoms with van der Waals surface area (Å²) in [6.45, 7) is 1.72. The number of hydrogen-bond donors (Lipinski definition) is 2. The fraction of sp³-hybridized carbons (Fsp3) is 0.364. The number of H-pyrrole nitrogens is 1. The summed E-state index contributed by atoms with van der Waals surface area (Å²) >= 11 is 1.26. The van der Waals surface area contributed by atoms with Gasteiger partial charge in [0.2, 0.25) is 11.8 Å². The number of thioether (sulfide) groups is 1. The summed E-state index contributed by atoms with van der Waals surface area (Å²) in [5.74, 6) is -1.28. The van der Waals surface area contributed by atoms with E-state index in [9.17, 15) is 19.2 Å². The smallest absolute Gasteiger partial charge is 0.333 e. The molecule has 0 saturated carbocycles. The van der Waals surface area contributed by atoms with E-state index < -0.39 is 18.0 Å². The van der Waals surface area contributed by atoms with Crippen molar-refractivity contribution in [2.24, 2.45) is 0 Å². The summed E-state index contributed by atoms with van der Waals surface area (Å²) in [4.78, 5) is 52.4. The van der Waals surface area contributed by atoms with Crippen molar-refractivity contribution in [1.82, 2.24) is 15.2 Å². The van der Waals surface area contributed by atoms with Gasteiger partial charge in [-0.3, -0.25) is 9.59 Å². The van der Waals surface area contributed by atoms with E-state index in [2.05, 4.69) is 15.0 Å². The second-order valence-corrected chi connectivity index (χ2v) is 8.17. The van der Waals surface area contributed by atoms with Crippen LogP contribution in [0, 0.1) is 0 Å². The van der Waals surface area contributed by atoms with E-state index >= 15 is 0 Å². The fourth-order valence-electron chi connectivity index (χ4n) is 3.38. The van der Waals surface area contributed by atoms with Gasteiger partial charge in [0.1, 0.15) is 6.04 Å². The molecule has 1 aromatic heterocycles. The molecule has 1 aromatic carbocycles. The van der Waals surface area contributed by atoms with Crippen LogP contribution in [0.5, 0.6) is 0 Å². The van der Waals surface area contributed by atoms with Crippen molar-refractivity contribution in [3.8, 4) is 0 Å². The van der Waals surface area contributed by atoms with Gasteiger partial charge in [0.25, 0.3) is 0 Å². The van der Waals surface area contributed by atoms with E-state index in [1.165, 1.54) is 36.8 Å². The molecule has 1 fully saturated rings. The Hall–Kier alpha value is -3.27. The lowest BCUT2D eigenvalue weighted by Crippen LogP contribution is -2.42. The minimum Gasteiger partial charge on any atom is -0.466 e. The average Bonchev–Trinajstić information content (AvgIpc) is 3.33. The predicted molar refractivity (Wildman–Crippen MR) is 119 cm³/mol. The first-order valence-corrected chi connectivity index (χ1v) is 11.1. The molecule has 0 spiro atoms. The Labute approximate surface area is 189 Å². The van der Waals surface area contributed by atoms with Gasteiger partial charge in [-0.25, -0.2) is 9.59 Å². The van der Waals surface area contributed by atoms with Crippen LogP contribution in [0.1, 0.15) is 18.9 Å². The molecule has 170 valence electrons. The zero-order chi connectivity index (χ0) is 23.1. The van der Waals surface area contributed by atoms with Gasteiger partial charge in [-0.2, -0.15) is 0 Å². The Morgan fingerprint density at radius 2 is 2.09 bits per heavy atom. The molecule has 32 heavy (non-hydrogen) atoms. The van der Waals surface area contributed by atoms with Crippen molar-refractivity contribution in [1.29, 1.82) is 0 Å². The predicted octanol–water partition coefficient (Wildman–Crippen LogP) is 1.74. The molecule has 0 unspecified atom stereocenters. The number of nitrogens with one attached hydrogen (secondary N) is 2. The maximum Gasteiger partial charge on any atom is 0.333 e. The highest BCUT2D eigenvalue weighted by molar-refractivity contribution is 8.04. The molecule has 3 rings (SSSR count). The van der Waals surface area contributed by atoms with Crippen LogP contribution in [0.4, 0.5) is 0 Å².